The van der Waals surface area contributed by atoms with Crippen LogP contribution in [0.2, 0.25) is 5.02 Å². The molecule has 0 radical (unpaired) electrons. The first kappa shape index (κ1) is 8.53. The predicted octanol–water partition coefficient (Wildman–Crippen LogP) is 2.02. The fourth-order valence-corrected chi connectivity index (χ4v) is 1.47. The molecule has 0 saturated carbocycles. The van der Waals surface area contributed by atoms with Gasteiger partial charge in [-0.2, -0.15) is 0 Å². The Balaban J connectivity index is 2.58. The molecule has 1 aliphatic heterocycles. The van der Waals surface area contributed by atoms with Crippen molar-refractivity contribution in [3.63, 3.8) is 0 Å². The summed E-state index contributed by atoms with van der Waals surface area (Å²) in [5, 5.41) is 0.570. The lowest BCUT2D eigenvalue weighted by atomic mass is 10.1. The van der Waals surface area contributed by atoms with Gasteiger partial charge in [-0.25, -0.2) is 0 Å². The Morgan fingerprint density at radius 2 is 2.31 bits per heavy atom. The van der Waals surface area contributed by atoms with Crippen LogP contribution < -0.4 is 4.74 Å². The maximum absolute atomic E-state index is 10.6. The highest BCUT2D eigenvalue weighted by Gasteiger charge is 2.17. The molecule has 13 heavy (non-hydrogen) atoms. The van der Waals surface area contributed by atoms with Gasteiger partial charge in [0.2, 0.25) is 0 Å². The zero-order chi connectivity index (χ0) is 9.26. The zero-order valence-electron chi connectivity index (χ0n) is 6.75. The molecule has 1 heterocycles. The van der Waals surface area contributed by atoms with E-state index in [2.05, 4.69) is 0 Å². The van der Waals surface area contributed by atoms with Crippen LogP contribution in [0.15, 0.2) is 12.1 Å². The van der Waals surface area contributed by atoms with E-state index in [4.69, 9.17) is 21.1 Å². The molecule has 3 nitrogen and oxygen atoms in total. The molecule has 68 valence electrons. The first-order valence-electron chi connectivity index (χ1n) is 3.80. The van der Waals surface area contributed by atoms with Gasteiger partial charge >= 0.3 is 0 Å². The Morgan fingerprint density at radius 3 is 3.08 bits per heavy atom. The largest absolute Gasteiger partial charge is 0.466 e. The van der Waals surface area contributed by atoms with E-state index < -0.39 is 0 Å². The average Bonchev–Trinajstić information content (AvgIpc) is 2.19. The Kier molecular flexibility index (Phi) is 2.20. The molecule has 1 aromatic carbocycles. The molecule has 0 aromatic heterocycles. The fraction of sp³-hybridized carbons (Fsp3) is 0.222. The van der Waals surface area contributed by atoms with Gasteiger partial charge in [0.15, 0.2) is 13.1 Å². The van der Waals surface area contributed by atoms with E-state index in [0.29, 0.717) is 22.9 Å². The maximum atomic E-state index is 10.6. The third-order valence-corrected chi connectivity index (χ3v) is 2.25. The Morgan fingerprint density at radius 1 is 1.46 bits per heavy atom. The highest BCUT2D eigenvalue weighted by Crippen LogP contribution is 2.32. The van der Waals surface area contributed by atoms with Crippen molar-refractivity contribution in [3.8, 4) is 5.75 Å². The minimum atomic E-state index is 0.175. The van der Waals surface area contributed by atoms with Crippen LogP contribution in [0.5, 0.6) is 5.75 Å². The highest BCUT2D eigenvalue weighted by molar-refractivity contribution is 6.31. The lowest BCUT2D eigenvalue weighted by Crippen LogP contribution is -2.13. The third kappa shape index (κ3) is 1.41. The van der Waals surface area contributed by atoms with E-state index in [1.165, 1.54) is 0 Å². The molecule has 0 spiro atoms. The van der Waals surface area contributed by atoms with Crippen LogP contribution in [0.25, 0.3) is 0 Å². The minimum absolute atomic E-state index is 0.175. The number of carbonyl (C=O) groups excluding carboxylic acids is 1. The second-order valence-electron chi connectivity index (χ2n) is 2.67. The van der Waals surface area contributed by atoms with Gasteiger partial charge in [0, 0.05) is 10.6 Å². The number of benzene rings is 1. The number of hydrogen-bond acceptors (Lipinski definition) is 3. The van der Waals surface area contributed by atoms with E-state index >= 15 is 0 Å². The smallest absolute Gasteiger partial charge is 0.189 e. The first-order chi connectivity index (χ1) is 6.33. The van der Waals surface area contributed by atoms with Gasteiger partial charge in [-0.05, 0) is 12.1 Å². The topological polar surface area (TPSA) is 35.5 Å². The normalized spacial score (nSPS) is 14.5. The number of rotatable bonds is 1. The van der Waals surface area contributed by atoms with E-state index in [9.17, 15) is 4.79 Å². The van der Waals surface area contributed by atoms with Gasteiger partial charge in [0.25, 0.3) is 0 Å². The number of ether oxygens (including phenoxy) is 2. The molecule has 1 aromatic rings. The van der Waals surface area contributed by atoms with Crippen LogP contribution >= 0.6 is 11.6 Å². The molecular formula is C9H7ClO3. The lowest BCUT2D eigenvalue weighted by molar-refractivity contribution is -0.0166. The Hall–Kier alpha value is -1.06. The molecule has 0 fully saturated rings. The monoisotopic (exact) mass is 198 g/mol. The van der Waals surface area contributed by atoms with Crippen molar-refractivity contribution < 1.29 is 14.3 Å². The highest BCUT2D eigenvalue weighted by atomic mass is 35.5. The van der Waals surface area contributed by atoms with Crippen molar-refractivity contribution in [1.82, 2.24) is 0 Å². The Labute approximate surface area is 80.2 Å². The van der Waals surface area contributed by atoms with Gasteiger partial charge in [0.1, 0.15) is 5.75 Å². The molecule has 2 rings (SSSR count). The molecule has 0 atom stereocenters. The second kappa shape index (κ2) is 3.36. The number of hydrogen-bond donors (Lipinski definition) is 0. The van der Waals surface area contributed by atoms with Crippen LogP contribution in [0, 0.1) is 0 Å². The molecule has 4 heteroatoms. The van der Waals surface area contributed by atoms with Gasteiger partial charge in [0.05, 0.1) is 12.2 Å². The SMILES string of the molecule is O=Cc1ccc(Cl)c2c1OCOC2. The van der Waals surface area contributed by atoms with Crippen molar-refractivity contribution in [2.24, 2.45) is 0 Å². The maximum Gasteiger partial charge on any atom is 0.189 e. The standard InChI is InChI=1S/C9H7ClO3/c10-8-2-1-6(3-11)9-7(8)4-12-5-13-9/h1-3H,4-5H2. The van der Waals surface area contributed by atoms with E-state index in [0.717, 1.165) is 11.8 Å². The van der Waals surface area contributed by atoms with Gasteiger partial charge in [-0.1, -0.05) is 11.6 Å². The molecular weight excluding hydrogens is 192 g/mol. The van der Waals surface area contributed by atoms with Gasteiger partial charge in [-0.15, -0.1) is 0 Å². The third-order valence-electron chi connectivity index (χ3n) is 1.89. The van der Waals surface area contributed by atoms with Crippen LogP contribution in [0.3, 0.4) is 0 Å². The van der Waals surface area contributed by atoms with E-state index in [1.807, 2.05) is 0 Å². The van der Waals surface area contributed by atoms with Crippen LogP contribution in [-0.4, -0.2) is 13.1 Å². The van der Waals surface area contributed by atoms with Crippen LogP contribution in [-0.2, 0) is 11.3 Å². The van der Waals surface area contributed by atoms with Crippen molar-refractivity contribution >= 4 is 17.9 Å². The average molecular weight is 199 g/mol. The molecule has 0 saturated heterocycles. The summed E-state index contributed by atoms with van der Waals surface area (Å²) in [6, 6.07) is 3.31. The minimum Gasteiger partial charge on any atom is -0.466 e. The van der Waals surface area contributed by atoms with Crippen LogP contribution in [0.4, 0.5) is 0 Å². The second-order valence-corrected chi connectivity index (χ2v) is 3.08. The lowest BCUT2D eigenvalue weighted by Gasteiger charge is -2.19. The molecule has 0 bridgehead atoms. The van der Waals surface area contributed by atoms with Crippen molar-refractivity contribution in [2.75, 3.05) is 6.79 Å². The van der Waals surface area contributed by atoms with Crippen molar-refractivity contribution in [1.29, 1.82) is 0 Å². The number of fused-ring (bicyclic) bond motifs is 1. The summed E-state index contributed by atoms with van der Waals surface area (Å²) in [6.45, 7) is 0.573. The quantitative estimate of drug-likeness (QED) is 0.648. The summed E-state index contributed by atoms with van der Waals surface area (Å²) in [5.41, 5.74) is 1.26. The van der Waals surface area contributed by atoms with Crippen LogP contribution in [0.1, 0.15) is 15.9 Å². The summed E-state index contributed by atoms with van der Waals surface area (Å²) in [5.74, 6) is 0.550. The molecule has 0 unspecified atom stereocenters. The van der Waals surface area contributed by atoms with E-state index in [1.54, 1.807) is 12.1 Å². The Bertz CT molecular complexity index is 349. The summed E-state index contributed by atoms with van der Waals surface area (Å²) in [7, 11) is 0. The summed E-state index contributed by atoms with van der Waals surface area (Å²) < 4.78 is 10.2. The summed E-state index contributed by atoms with van der Waals surface area (Å²) >= 11 is 5.90. The molecule has 0 N–H and O–H groups in total. The number of carbonyl (C=O) groups is 1. The van der Waals surface area contributed by atoms with Crippen molar-refractivity contribution in [2.45, 2.75) is 6.61 Å². The molecule has 1 aliphatic rings. The van der Waals surface area contributed by atoms with Gasteiger partial charge in [-0.3, -0.25) is 4.79 Å². The summed E-state index contributed by atoms with van der Waals surface area (Å²) in [6.07, 6.45) is 0.750. The first-order valence-corrected chi connectivity index (χ1v) is 4.18. The van der Waals surface area contributed by atoms with E-state index in [-0.39, 0.29) is 6.79 Å². The fourth-order valence-electron chi connectivity index (χ4n) is 1.26. The number of halogens is 1. The molecule has 0 aliphatic carbocycles. The van der Waals surface area contributed by atoms with Gasteiger partial charge < -0.3 is 9.47 Å². The predicted molar refractivity (Wildman–Crippen MR) is 47.1 cm³/mol. The number of aldehydes is 1. The molecule has 0 amide bonds. The van der Waals surface area contributed by atoms with Crippen molar-refractivity contribution in [3.05, 3.63) is 28.3 Å². The zero-order valence-corrected chi connectivity index (χ0v) is 7.50. The summed E-state index contributed by atoms with van der Waals surface area (Å²) in [4.78, 5) is 10.6.